The van der Waals surface area contributed by atoms with Crippen LogP contribution in [0.2, 0.25) is 0 Å². The highest BCUT2D eigenvalue weighted by atomic mass is 32.2. The van der Waals surface area contributed by atoms with Gasteiger partial charge in [-0.3, -0.25) is 4.79 Å². The SMILES string of the molecule is CC(=O)N1CCC2(CC1)OCc1cc(-c3cccc(S(C)(=O)=O)c3)ccc1O2. The second-order valence-corrected chi connectivity index (χ2v) is 9.45. The molecule has 0 aromatic heterocycles. The Bertz CT molecular complexity index is 1020. The Labute approximate surface area is 165 Å². The molecule has 2 heterocycles. The van der Waals surface area contributed by atoms with E-state index in [1.807, 2.05) is 29.2 Å². The topological polar surface area (TPSA) is 72.9 Å². The van der Waals surface area contributed by atoms with Crippen molar-refractivity contribution in [3.05, 3.63) is 48.0 Å². The van der Waals surface area contributed by atoms with Gasteiger partial charge in [0.1, 0.15) is 5.75 Å². The van der Waals surface area contributed by atoms with Crippen molar-refractivity contribution in [2.45, 2.75) is 37.1 Å². The molecule has 1 saturated heterocycles. The van der Waals surface area contributed by atoms with Gasteiger partial charge in [-0.15, -0.1) is 0 Å². The number of fused-ring (bicyclic) bond motifs is 1. The monoisotopic (exact) mass is 401 g/mol. The summed E-state index contributed by atoms with van der Waals surface area (Å²) in [7, 11) is -3.26. The van der Waals surface area contributed by atoms with E-state index in [1.165, 1.54) is 6.26 Å². The zero-order valence-corrected chi connectivity index (χ0v) is 16.8. The third-order valence-corrected chi connectivity index (χ3v) is 6.52. The summed E-state index contributed by atoms with van der Waals surface area (Å²) in [6.07, 6.45) is 2.49. The number of ether oxygens (including phenoxy) is 2. The molecule has 2 aliphatic heterocycles. The molecule has 1 amide bonds. The van der Waals surface area contributed by atoms with Gasteiger partial charge in [0.2, 0.25) is 11.7 Å². The molecule has 0 unspecified atom stereocenters. The Kier molecular flexibility index (Phi) is 4.67. The smallest absolute Gasteiger partial charge is 0.219 e. The van der Waals surface area contributed by atoms with Crippen LogP contribution in [0.5, 0.6) is 5.75 Å². The van der Waals surface area contributed by atoms with Gasteiger partial charge in [-0.25, -0.2) is 8.42 Å². The van der Waals surface area contributed by atoms with Crippen molar-refractivity contribution in [1.29, 1.82) is 0 Å². The molecular weight excluding hydrogens is 378 g/mol. The van der Waals surface area contributed by atoms with Gasteiger partial charge in [0, 0.05) is 44.7 Å². The van der Waals surface area contributed by atoms with E-state index in [1.54, 1.807) is 25.1 Å². The maximum Gasteiger partial charge on any atom is 0.219 e. The molecule has 0 aliphatic carbocycles. The third-order valence-electron chi connectivity index (χ3n) is 5.41. The van der Waals surface area contributed by atoms with E-state index in [4.69, 9.17) is 9.47 Å². The van der Waals surface area contributed by atoms with Crippen molar-refractivity contribution in [2.75, 3.05) is 19.3 Å². The summed E-state index contributed by atoms with van der Waals surface area (Å²) in [5, 5.41) is 0. The zero-order chi connectivity index (χ0) is 19.9. The van der Waals surface area contributed by atoms with Gasteiger partial charge in [-0.2, -0.15) is 0 Å². The van der Waals surface area contributed by atoms with E-state index in [9.17, 15) is 13.2 Å². The van der Waals surface area contributed by atoms with Crippen molar-refractivity contribution < 1.29 is 22.7 Å². The summed E-state index contributed by atoms with van der Waals surface area (Å²) >= 11 is 0. The van der Waals surface area contributed by atoms with Crippen LogP contribution in [0.15, 0.2) is 47.4 Å². The number of hydrogen-bond donors (Lipinski definition) is 0. The van der Waals surface area contributed by atoms with Gasteiger partial charge in [0.15, 0.2) is 9.84 Å². The lowest BCUT2D eigenvalue weighted by atomic mass is 9.99. The Morgan fingerprint density at radius 3 is 2.46 bits per heavy atom. The van der Waals surface area contributed by atoms with Crippen LogP contribution in [-0.2, 0) is 26.0 Å². The number of nitrogens with zero attached hydrogens (tertiary/aromatic N) is 1. The Balaban J connectivity index is 1.56. The van der Waals surface area contributed by atoms with Crippen molar-refractivity contribution in [2.24, 2.45) is 0 Å². The number of benzene rings is 2. The predicted octanol–water partition coefficient (Wildman–Crippen LogP) is 3.00. The van der Waals surface area contributed by atoms with Crippen LogP contribution >= 0.6 is 0 Å². The minimum Gasteiger partial charge on any atom is -0.462 e. The molecule has 0 N–H and O–H groups in total. The van der Waals surface area contributed by atoms with Crippen molar-refractivity contribution in [1.82, 2.24) is 4.90 Å². The highest BCUT2D eigenvalue weighted by Gasteiger charge is 2.41. The molecule has 6 nitrogen and oxygen atoms in total. The highest BCUT2D eigenvalue weighted by molar-refractivity contribution is 7.90. The standard InChI is InChI=1S/C21H23NO5S/c1-15(23)22-10-8-21(9-11-22)26-14-18-12-17(6-7-20(18)27-21)16-4-3-5-19(13-16)28(2,24)25/h3-7,12-13H,8-11,14H2,1-2H3. The van der Waals surface area contributed by atoms with E-state index in [0.29, 0.717) is 37.4 Å². The lowest BCUT2D eigenvalue weighted by Gasteiger charge is -2.43. The van der Waals surface area contributed by atoms with Crippen LogP contribution in [0.25, 0.3) is 11.1 Å². The molecule has 2 aromatic carbocycles. The number of likely N-dealkylation sites (tertiary alicyclic amines) is 1. The minimum atomic E-state index is -3.26. The molecule has 1 fully saturated rings. The van der Waals surface area contributed by atoms with Gasteiger partial charge in [0.05, 0.1) is 11.5 Å². The largest absolute Gasteiger partial charge is 0.462 e. The first-order valence-electron chi connectivity index (χ1n) is 9.28. The summed E-state index contributed by atoms with van der Waals surface area (Å²) in [6.45, 7) is 3.26. The molecule has 28 heavy (non-hydrogen) atoms. The van der Waals surface area contributed by atoms with Crippen molar-refractivity contribution >= 4 is 15.7 Å². The number of carbonyl (C=O) groups excluding carboxylic acids is 1. The average Bonchev–Trinajstić information content (AvgIpc) is 2.67. The molecule has 1 spiro atoms. The Morgan fingerprint density at radius 1 is 1.07 bits per heavy atom. The maximum absolute atomic E-state index is 11.8. The Hall–Kier alpha value is -2.38. The van der Waals surface area contributed by atoms with Crippen LogP contribution in [0.1, 0.15) is 25.3 Å². The highest BCUT2D eigenvalue weighted by Crippen LogP contribution is 2.39. The number of carbonyl (C=O) groups is 1. The van der Waals surface area contributed by atoms with Gasteiger partial charge in [0.25, 0.3) is 0 Å². The van der Waals surface area contributed by atoms with E-state index in [-0.39, 0.29) is 5.91 Å². The number of rotatable bonds is 2. The summed E-state index contributed by atoms with van der Waals surface area (Å²) in [6, 6.07) is 12.7. The number of hydrogen-bond acceptors (Lipinski definition) is 5. The van der Waals surface area contributed by atoms with Gasteiger partial charge in [-0.1, -0.05) is 18.2 Å². The summed E-state index contributed by atoms with van der Waals surface area (Å²) in [4.78, 5) is 13.6. The summed E-state index contributed by atoms with van der Waals surface area (Å²) in [5.41, 5.74) is 2.68. The first kappa shape index (κ1) is 19.0. The lowest BCUT2D eigenvalue weighted by Crippen LogP contribution is -2.52. The van der Waals surface area contributed by atoms with E-state index in [2.05, 4.69) is 0 Å². The number of sulfone groups is 1. The van der Waals surface area contributed by atoms with Crippen LogP contribution in [0.3, 0.4) is 0 Å². The quantitative estimate of drug-likeness (QED) is 0.774. The van der Waals surface area contributed by atoms with E-state index < -0.39 is 15.6 Å². The van der Waals surface area contributed by atoms with Crippen molar-refractivity contribution in [3.63, 3.8) is 0 Å². The summed E-state index contributed by atoms with van der Waals surface area (Å²) in [5.74, 6) is 0.189. The van der Waals surface area contributed by atoms with Gasteiger partial charge >= 0.3 is 0 Å². The number of piperidine rings is 1. The molecule has 7 heteroatoms. The third kappa shape index (κ3) is 3.64. The molecule has 0 radical (unpaired) electrons. The number of amides is 1. The van der Waals surface area contributed by atoms with E-state index >= 15 is 0 Å². The molecule has 4 rings (SSSR count). The molecule has 2 aliphatic rings. The first-order valence-corrected chi connectivity index (χ1v) is 11.2. The minimum absolute atomic E-state index is 0.0759. The van der Waals surface area contributed by atoms with Crippen LogP contribution in [-0.4, -0.2) is 44.4 Å². The van der Waals surface area contributed by atoms with Crippen LogP contribution in [0.4, 0.5) is 0 Å². The molecule has 0 saturated carbocycles. The lowest BCUT2D eigenvalue weighted by molar-refractivity contribution is -0.227. The molecule has 0 bridgehead atoms. The molecular formula is C21H23NO5S. The fourth-order valence-electron chi connectivity index (χ4n) is 3.73. The van der Waals surface area contributed by atoms with Crippen LogP contribution in [0, 0.1) is 0 Å². The second kappa shape index (κ2) is 6.90. The normalized spacial score (nSPS) is 18.4. The molecule has 0 atom stereocenters. The fraction of sp³-hybridized carbons (Fsp3) is 0.381. The van der Waals surface area contributed by atoms with Crippen molar-refractivity contribution in [3.8, 4) is 16.9 Å². The van der Waals surface area contributed by atoms with Gasteiger partial charge < -0.3 is 14.4 Å². The molecule has 2 aromatic rings. The van der Waals surface area contributed by atoms with E-state index in [0.717, 1.165) is 22.4 Å². The maximum atomic E-state index is 11.8. The van der Waals surface area contributed by atoms with Crippen LogP contribution < -0.4 is 4.74 Å². The predicted molar refractivity (Wildman–Crippen MR) is 105 cm³/mol. The average molecular weight is 401 g/mol. The first-order chi connectivity index (χ1) is 13.3. The zero-order valence-electron chi connectivity index (χ0n) is 16.0. The van der Waals surface area contributed by atoms with Gasteiger partial charge in [-0.05, 0) is 35.4 Å². The molecule has 148 valence electrons. The summed E-state index contributed by atoms with van der Waals surface area (Å²) < 4.78 is 35.9. The Morgan fingerprint density at radius 2 is 1.79 bits per heavy atom. The second-order valence-electron chi connectivity index (χ2n) is 7.43. The fourth-order valence-corrected chi connectivity index (χ4v) is 4.39.